The molecule has 3 aromatic heterocycles. The molecule has 198 valence electrons. The topological polar surface area (TPSA) is 85.2 Å². The van der Waals surface area contributed by atoms with E-state index in [1.807, 2.05) is 76.2 Å². The Labute approximate surface area is 234 Å². The predicted molar refractivity (Wildman–Crippen MR) is 158 cm³/mol. The number of carbonyl (C=O) groups excluding carboxylic acids is 1. The second-order valence-electron chi connectivity index (χ2n) is 9.70. The van der Waals surface area contributed by atoms with Crippen LogP contribution in [0.5, 0.6) is 11.5 Å². The SMILES string of the molecule is O=C1CCCN1CCn1cnc2c(Nc3ccc(Oc4ccccc4)cc3)nc(-c3csc4ccccc34)nc21. The van der Waals surface area contributed by atoms with Crippen molar-refractivity contribution in [2.24, 2.45) is 0 Å². The molecule has 0 spiro atoms. The molecule has 8 nitrogen and oxygen atoms in total. The molecule has 1 aliphatic heterocycles. The number of aromatic nitrogens is 4. The number of hydrogen-bond donors (Lipinski definition) is 1. The van der Waals surface area contributed by atoms with Gasteiger partial charge in [-0.3, -0.25) is 4.79 Å². The van der Waals surface area contributed by atoms with Gasteiger partial charge in [-0.25, -0.2) is 15.0 Å². The Kier molecular flexibility index (Phi) is 6.33. The van der Waals surface area contributed by atoms with Crippen LogP contribution in [0.1, 0.15) is 12.8 Å². The number of nitrogens with zero attached hydrogens (tertiary/aromatic N) is 5. The fourth-order valence-corrected chi connectivity index (χ4v) is 5.94. The number of imidazole rings is 1. The molecular formula is C31H26N6O2S. The molecule has 1 N–H and O–H groups in total. The van der Waals surface area contributed by atoms with Crippen LogP contribution in [0.2, 0.25) is 0 Å². The first-order valence-electron chi connectivity index (χ1n) is 13.3. The van der Waals surface area contributed by atoms with Crippen LogP contribution in [0.15, 0.2) is 90.6 Å². The maximum Gasteiger partial charge on any atom is 0.222 e. The number of ether oxygens (including phenoxy) is 1. The number of amides is 1. The molecule has 0 radical (unpaired) electrons. The average Bonchev–Trinajstić information content (AvgIpc) is 3.72. The maximum absolute atomic E-state index is 12.2. The van der Waals surface area contributed by atoms with Gasteiger partial charge in [-0.2, -0.15) is 0 Å². The summed E-state index contributed by atoms with van der Waals surface area (Å²) in [5, 5.41) is 6.69. The van der Waals surface area contributed by atoms with Crippen LogP contribution in [-0.4, -0.2) is 43.4 Å². The van der Waals surface area contributed by atoms with Crippen LogP contribution in [0.25, 0.3) is 32.6 Å². The molecule has 0 atom stereocenters. The summed E-state index contributed by atoms with van der Waals surface area (Å²) in [6, 6.07) is 25.8. The second-order valence-corrected chi connectivity index (χ2v) is 10.6. The van der Waals surface area contributed by atoms with Crippen LogP contribution in [-0.2, 0) is 11.3 Å². The largest absolute Gasteiger partial charge is 0.457 e. The molecule has 7 rings (SSSR count). The van der Waals surface area contributed by atoms with Crippen molar-refractivity contribution in [1.29, 1.82) is 0 Å². The van der Waals surface area contributed by atoms with Gasteiger partial charge in [0.2, 0.25) is 5.91 Å². The number of likely N-dealkylation sites (tertiary alicyclic amines) is 1. The van der Waals surface area contributed by atoms with E-state index in [1.54, 1.807) is 17.7 Å². The van der Waals surface area contributed by atoms with Crippen molar-refractivity contribution in [2.75, 3.05) is 18.4 Å². The Hall–Kier alpha value is -4.76. The first kappa shape index (κ1) is 24.3. The number of carbonyl (C=O) groups is 1. The molecule has 6 aromatic rings. The summed E-state index contributed by atoms with van der Waals surface area (Å²) in [7, 11) is 0. The van der Waals surface area contributed by atoms with Crippen molar-refractivity contribution >= 4 is 50.0 Å². The summed E-state index contributed by atoms with van der Waals surface area (Å²) in [4.78, 5) is 28.7. The lowest BCUT2D eigenvalue weighted by Gasteiger charge is -2.16. The monoisotopic (exact) mass is 546 g/mol. The highest BCUT2D eigenvalue weighted by molar-refractivity contribution is 7.17. The number of thiophene rings is 1. The second kappa shape index (κ2) is 10.4. The number of rotatable bonds is 8. The van der Waals surface area contributed by atoms with E-state index in [0.717, 1.165) is 46.7 Å². The van der Waals surface area contributed by atoms with E-state index in [0.29, 0.717) is 36.7 Å². The quantitative estimate of drug-likeness (QED) is 0.224. The van der Waals surface area contributed by atoms with Gasteiger partial charge in [0.15, 0.2) is 22.8 Å². The summed E-state index contributed by atoms with van der Waals surface area (Å²) in [5.74, 6) is 3.01. The van der Waals surface area contributed by atoms with E-state index in [9.17, 15) is 4.79 Å². The highest BCUT2D eigenvalue weighted by Crippen LogP contribution is 2.35. The summed E-state index contributed by atoms with van der Waals surface area (Å²) in [6.07, 6.45) is 3.34. The lowest BCUT2D eigenvalue weighted by atomic mass is 10.1. The Bertz CT molecular complexity index is 1810. The van der Waals surface area contributed by atoms with Gasteiger partial charge >= 0.3 is 0 Å². The van der Waals surface area contributed by atoms with Gasteiger partial charge in [0.1, 0.15) is 11.5 Å². The molecule has 9 heteroatoms. The Morgan fingerprint density at radius 1 is 0.900 bits per heavy atom. The highest BCUT2D eigenvalue weighted by atomic mass is 32.1. The van der Waals surface area contributed by atoms with Crippen molar-refractivity contribution < 1.29 is 9.53 Å². The number of fused-ring (bicyclic) bond motifs is 2. The lowest BCUT2D eigenvalue weighted by molar-refractivity contribution is -0.127. The zero-order valence-electron chi connectivity index (χ0n) is 21.7. The van der Waals surface area contributed by atoms with E-state index in [-0.39, 0.29) is 5.91 Å². The minimum absolute atomic E-state index is 0.214. The van der Waals surface area contributed by atoms with Gasteiger partial charge < -0.3 is 19.5 Å². The van der Waals surface area contributed by atoms with Crippen molar-refractivity contribution in [3.63, 3.8) is 0 Å². The molecule has 1 fully saturated rings. The third-order valence-electron chi connectivity index (χ3n) is 7.06. The lowest BCUT2D eigenvalue weighted by Crippen LogP contribution is -2.28. The zero-order chi connectivity index (χ0) is 26.9. The third kappa shape index (κ3) is 4.76. The van der Waals surface area contributed by atoms with Gasteiger partial charge in [0, 0.05) is 52.8 Å². The number of anilines is 2. The molecule has 0 saturated carbocycles. The van der Waals surface area contributed by atoms with Gasteiger partial charge in [0.25, 0.3) is 0 Å². The van der Waals surface area contributed by atoms with E-state index in [2.05, 4.69) is 27.8 Å². The fraction of sp³-hybridized carbons (Fsp3) is 0.161. The minimum Gasteiger partial charge on any atom is -0.457 e. The molecule has 40 heavy (non-hydrogen) atoms. The zero-order valence-corrected chi connectivity index (χ0v) is 22.5. The molecule has 0 aliphatic carbocycles. The Morgan fingerprint density at radius 2 is 1.70 bits per heavy atom. The molecule has 0 bridgehead atoms. The number of nitrogens with one attached hydrogen (secondary N) is 1. The summed E-state index contributed by atoms with van der Waals surface area (Å²) < 4.78 is 9.15. The summed E-state index contributed by atoms with van der Waals surface area (Å²) in [6.45, 7) is 2.06. The molecule has 0 unspecified atom stereocenters. The molecule has 3 aromatic carbocycles. The van der Waals surface area contributed by atoms with E-state index >= 15 is 0 Å². The standard InChI is InChI=1S/C31H26N6O2S/c38-27-11-6-16-36(27)17-18-37-20-32-28-30(33-21-12-14-23(15-13-21)39-22-7-2-1-3-8-22)34-29(35-31(28)37)25-19-40-26-10-5-4-9-24(25)26/h1-5,7-10,12-15,19-20H,6,11,16-18H2,(H,33,34,35). The predicted octanol–water partition coefficient (Wildman–Crippen LogP) is 6.87. The van der Waals surface area contributed by atoms with Crippen LogP contribution in [0, 0.1) is 0 Å². The number of benzene rings is 3. The number of para-hydroxylation sites is 1. The average molecular weight is 547 g/mol. The van der Waals surface area contributed by atoms with Crippen molar-refractivity contribution in [3.8, 4) is 22.9 Å². The van der Waals surface area contributed by atoms with Crippen LogP contribution < -0.4 is 10.1 Å². The van der Waals surface area contributed by atoms with Crippen molar-refractivity contribution in [3.05, 3.63) is 90.6 Å². The van der Waals surface area contributed by atoms with Gasteiger partial charge in [-0.05, 0) is 48.9 Å². The first-order valence-corrected chi connectivity index (χ1v) is 14.2. The molecular weight excluding hydrogens is 520 g/mol. The van der Waals surface area contributed by atoms with E-state index in [1.165, 1.54) is 4.70 Å². The van der Waals surface area contributed by atoms with E-state index in [4.69, 9.17) is 14.7 Å². The highest BCUT2D eigenvalue weighted by Gasteiger charge is 2.21. The van der Waals surface area contributed by atoms with Crippen LogP contribution in [0.4, 0.5) is 11.5 Å². The minimum atomic E-state index is 0.214. The summed E-state index contributed by atoms with van der Waals surface area (Å²) in [5.41, 5.74) is 3.26. The molecule has 1 amide bonds. The number of hydrogen-bond acceptors (Lipinski definition) is 7. The van der Waals surface area contributed by atoms with E-state index < -0.39 is 0 Å². The van der Waals surface area contributed by atoms with Crippen LogP contribution in [0.3, 0.4) is 0 Å². The van der Waals surface area contributed by atoms with Gasteiger partial charge in [-0.1, -0.05) is 36.4 Å². The maximum atomic E-state index is 12.2. The smallest absolute Gasteiger partial charge is 0.222 e. The normalized spacial score (nSPS) is 13.4. The van der Waals surface area contributed by atoms with Crippen LogP contribution >= 0.6 is 11.3 Å². The third-order valence-corrected chi connectivity index (χ3v) is 8.03. The Balaban J connectivity index is 1.24. The fourth-order valence-electron chi connectivity index (χ4n) is 5.00. The van der Waals surface area contributed by atoms with Gasteiger partial charge in [-0.15, -0.1) is 11.3 Å². The first-order chi connectivity index (χ1) is 19.7. The van der Waals surface area contributed by atoms with Crippen molar-refractivity contribution in [2.45, 2.75) is 19.4 Å². The molecule has 1 saturated heterocycles. The molecule has 4 heterocycles. The van der Waals surface area contributed by atoms with Crippen molar-refractivity contribution in [1.82, 2.24) is 24.4 Å². The van der Waals surface area contributed by atoms with Gasteiger partial charge in [0.05, 0.1) is 6.33 Å². The summed E-state index contributed by atoms with van der Waals surface area (Å²) >= 11 is 1.68. The molecule has 1 aliphatic rings. The Morgan fingerprint density at radius 3 is 2.52 bits per heavy atom.